The standard InChI is InChI=1S/BHO2.Fe/c2-1-3;/h1H;/q-2;+2. The molecule has 0 aromatic rings. The van der Waals surface area contributed by atoms with Gasteiger partial charge in [0.1, 0.15) is 0 Å². The van der Waals surface area contributed by atoms with Crippen LogP contribution in [0.5, 0.6) is 0 Å². The van der Waals surface area contributed by atoms with E-state index in [9.17, 15) is 0 Å². The summed E-state index contributed by atoms with van der Waals surface area (Å²) in [5.74, 6) is 0. The minimum Gasteiger partial charge on any atom is -0.896 e. The third-order valence-corrected chi connectivity index (χ3v) is 0. The van der Waals surface area contributed by atoms with Gasteiger partial charge in [0.15, 0.2) is 0 Å². The van der Waals surface area contributed by atoms with E-state index in [0.717, 1.165) is 0 Å². The molecule has 0 spiro atoms. The van der Waals surface area contributed by atoms with Crippen LogP contribution in [0.1, 0.15) is 0 Å². The van der Waals surface area contributed by atoms with Crippen LogP contribution < -0.4 is 10.0 Å². The van der Waals surface area contributed by atoms with Gasteiger partial charge in [0.05, 0.1) is 0 Å². The average molecular weight is 99.7 g/mol. The molecule has 24 valence electrons. The zero-order valence-corrected chi connectivity index (χ0v) is 2.98. The molecule has 0 aromatic carbocycles. The predicted molar refractivity (Wildman–Crippen MR) is 7.15 cm³/mol. The van der Waals surface area contributed by atoms with Crippen LogP contribution in [0, 0.1) is 0 Å². The van der Waals surface area contributed by atoms with Crippen molar-refractivity contribution in [2.45, 2.75) is 0 Å². The van der Waals surface area contributed by atoms with E-state index < -0.39 is 7.69 Å². The molecule has 0 N–H and O–H groups in total. The van der Waals surface area contributed by atoms with Crippen molar-refractivity contribution in [3.63, 3.8) is 0 Å². The van der Waals surface area contributed by atoms with Crippen LogP contribution in [0.25, 0.3) is 0 Å². The fraction of sp³-hybridized carbons (Fsp3) is 0. The second kappa shape index (κ2) is 9.71. The molecule has 0 aliphatic rings. The van der Waals surface area contributed by atoms with Crippen molar-refractivity contribution in [1.29, 1.82) is 0 Å². The smallest absolute Gasteiger partial charge is 0.896 e. The van der Waals surface area contributed by atoms with Crippen molar-refractivity contribution in [2.24, 2.45) is 0 Å². The zero-order chi connectivity index (χ0) is 2.71. The molecule has 0 fully saturated rings. The van der Waals surface area contributed by atoms with Crippen molar-refractivity contribution in [3.8, 4) is 0 Å². The second-order valence-corrected chi connectivity index (χ2v) is 0.118. The molecule has 0 radical (unpaired) electrons. The molecular formula is HBFeO2. The Kier molecular flexibility index (Phi) is 21.4. The maximum absolute atomic E-state index is 8.38. The molecule has 4 heteroatoms. The summed E-state index contributed by atoms with van der Waals surface area (Å²) >= 11 is 0. The van der Waals surface area contributed by atoms with Gasteiger partial charge in [-0.05, 0) is 0 Å². The predicted octanol–water partition coefficient (Wildman–Crippen LogP) is -3.03. The van der Waals surface area contributed by atoms with Crippen LogP contribution >= 0.6 is 0 Å². The van der Waals surface area contributed by atoms with Gasteiger partial charge in [0.2, 0.25) is 0 Å². The van der Waals surface area contributed by atoms with Crippen molar-refractivity contribution in [1.82, 2.24) is 0 Å². The van der Waals surface area contributed by atoms with E-state index in [1.54, 1.807) is 0 Å². The van der Waals surface area contributed by atoms with Crippen molar-refractivity contribution >= 4 is 7.69 Å². The quantitative estimate of drug-likeness (QED) is 0.304. The Morgan fingerprint density at radius 3 is 1.25 bits per heavy atom. The van der Waals surface area contributed by atoms with Gasteiger partial charge in [0.25, 0.3) is 0 Å². The molecule has 0 aliphatic carbocycles. The maximum Gasteiger partial charge on any atom is 2.00 e. The minimum absolute atomic E-state index is 0. The van der Waals surface area contributed by atoms with Gasteiger partial charge in [-0.15, -0.1) is 7.69 Å². The minimum atomic E-state index is -1.25. The summed E-state index contributed by atoms with van der Waals surface area (Å²) < 4.78 is 0. The molecule has 4 heavy (non-hydrogen) atoms. The third kappa shape index (κ3) is 22.3. The van der Waals surface area contributed by atoms with Crippen molar-refractivity contribution < 1.29 is 27.1 Å². The molecule has 0 unspecified atom stereocenters. The molecule has 0 amide bonds. The van der Waals surface area contributed by atoms with Gasteiger partial charge in [-0.25, -0.2) is 0 Å². The van der Waals surface area contributed by atoms with E-state index in [2.05, 4.69) is 0 Å². The first kappa shape index (κ1) is 8.82. The van der Waals surface area contributed by atoms with E-state index in [1.165, 1.54) is 0 Å². The Morgan fingerprint density at radius 2 is 1.25 bits per heavy atom. The topological polar surface area (TPSA) is 46.1 Å². The van der Waals surface area contributed by atoms with Gasteiger partial charge in [-0.3, -0.25) is 0 Å². The summed E-state index contributed by atoms with van der Waals surface area (Å²) in [5.41, 5.74) is 0. The SMILES string of the molecule is [Fe+2].[O-]B[O-]. The third-order valence-electron chi connectivity index (χ3n) is 0. The van der Waals surface area contributed by atoms with E-state index in [-0.39, 0.29) is 17.1 Å². The number of hydrogen-bond donors (Lipinski definition) is 0. The molecule has 0 bridgehead atoms. The Bertz CT molecular complexity index is 6.00. The van der Waals surface area contributed by atoms with Gasteiger partial charge >= 0.3 is 17.1 Å². The fourth-order valence-electron chi connectivity index (χ4n) is 0. The molecule has 0 aliphatic heterocycles. The van der Waals surface area contributed by atoms with Crippen LogP contribution in [0.15, 0.2) is 0 Å². The monoisotopic (exact) mass is 99.9 g/mol. The van der Waals surface area contributed by atoms with E-state index in [1.807, 2.05) is 0 Å². The summed E-state index contributed by atoms with van der Waals surface area (Å²) in [7, 11) is -1.25. The Labute approximate surface area is 35.6 Å². The van der Waals surface area contributed by atoms with E-state index in [4.69, 9.17) is 10.0 Å². The van der Waals surface area contributed by atoms with Crippen molar-refractivity contribution in [2.75, 3.05) is 0 Å². The van der Waals surface area contributed by atoms with Crippen LogP contribution in [0.4, 0.5) is 0 Å². The first-order valence-corrected chi connectivity index (χ1v) is 0.577. The van der Waals surface area contributed by atoms with Crippen LogP contribution in [0.3, 0.4) is 0 Å². The first-order chi connectivity index (χ1) is 1.41. The Morgan fingerprint density at radius 1 is 1.25 bits per heavy atom. The summed E-state index contributed by atoms with van der Waals surface area (Å²) in [4.78, 5) is 0. The molecule has 0 heterocycles. The molecule has 0 saturated heterocycles. The summed E-state index contributed by atoms with van der Waals surface area (Å²) in [5, 5.41) is 16.8. The van der Waals surface area contributed by atoms with Gasteiger partial charge in [-0.2, -0.15) is 0 Å². The van der Waals surface area contributed by atoms with Crippen LogP contribution in [0.2, 0.25) is 0 Å². The van der Waals surface area contributed by atoms with Crippen molar-refractivity contribution in [3.05, 3.63) is 0 Å². The largest absolute Gasteiger partial charge is 2.00 e. The molecule has 0 rings (SSSR count). The zero-order valence-electron chi connectivity index (χ0n) is 1.88. The first-order valence-electron chi connectivity index (χ1n) is 0.577. The molecule has 0 atom stereocenters. The van der Waals surface area contributed by atoms with E-state index in [0.29, 0.717) is 0 Å². The molecule has 2 nitrogen and oxygen atoms in total. The van der Waals surface area contributed by atoms with Gasteiger partial charge < -0.3 is 10.0 Å². The van der Waals surface area contributed by atoms with E-state index >= 15 is 0 Å². The number of rotatable bonds is 0. The molecule has 0 saturated carbocycles. The Hall–Kier alpha value is 0.504. The van der Waals surface area contributed by atoms with Crippen LogP contribution in [-0.4, -0.2) is 7.69 Å². The second-order valence-electron chi connectivity index (χ2n) is 0.118. The number of hydrogen-bond acceptors (Lipinski definition) is 2. The summed E-state index contributed by atoms with van der Waals surface area (Å²) in [6, 6.07) is 0. The maximum atomic E-state index is 8.38. The molecule has 0 aromatic heterocycles. The fourth-order valence-corrected chi connectivity index (χ4v) is 0. The molecular weight excluding hydrogens is 98.7 g/mol. The summed E-state index contributed by atoms with van der Waals surface area (Å²) in [6.45, 7) is 0. The van der Waals surface area contributed by atoms with Gasteiger partial charge in [0, 0.05) is 0 Å². The van der Waals surface area contributed by atoms with Gasteiger partial charge in [-0.1, -0.05) is 0 Å². The van der Waals surface area contributed by atoms with Crippen LogP contribution in [-0.2, 0) is 17.1 Å². The summed E-state index contributed by atoms with van der Waals surface area (Å²) in [6.07, 6.45) is 0. The average Bonchev–Trinajstić information content (AvgIpc) is 0.918. The normalized spacial score (nSPS) is 3.50. The Balaban J connectivity index is 0.